The maximum Gasteiger partial charge on any atom is 0.123 e. The van der Waals surface area contributed by atoms with Crippen LogP contribution in [0, 0.1) is 5.82 Å². The number of benzene rings is 2. The lowest BCUT2D eigenvalue weighted by Crippen LogP contribution is -2.18. The van der Waals surface area contributed by atoms with Gasteiger partial charge in [0.15, 0.2) is 0 Å². The predicted molar refractivity (Wildman–Crippen MR) is 76.0 cm³/mol. The fourth-order valence-corrected chi connectivity index (χ4v) is 2.25. The first-order valence-electron chi connectivity index (χ1n) is 5.86. The standard InChI is InChI=1S/C15H15BrFN/c1-18-15(12-5-7-13(16)8-6-12)10-11-3-2-4-14(17)9-11/h2-9,15,18H,10H2,1H3. The first kappa shape index (κ1) is 13.2. The number of hydrogen-bond donors (Lipinski definition) is 1. The molecule has 0 saturated heterocycles. The van der Waals surface area contributed by atoms with E-state index in [1.807, 2.05) is 25.2 Å². The van der Waals surface area contributed by atoms with Gasteiger partial charge in [-0.25, -0.2) is 4.39 Å². The number of likely N-dealkylation sites (N-methyl/N-ethyl adjacent to an activating group) is 1. The van der Waals surface area contributed by atoms with Gasteiger partial charge in [-0.05, 0) is 48.9 Å². The van der Waals surface area contributed by atoms with Gasteiger partial charge in [0.1, 0.15) is 5.82 Å². The molecule has 0 aliphatic rings. The molecule has 2 rings (SSSR count). The van der Waals surface area contributed by atoms with Gasteiger partial charge in [-0.15, -0.1) is 0 Å². The molecule has 1 nitrogen and oxygen atoms in total. The van der Waals surface area contributed by atoms with Gasteiger partial charge in [0.05, 0.1) is 0 Å². The van der Waals surface area contributed by atoms with E-state index in [0.29, 0.717) is 0 Å². The molecule has 0 aliphatic heterocycles. The first-order chi connectivity index (χ1) is 8.69. The van der Waals surface area contributed by atoms with Crippen LogP contribution in [0.3, 0.4) is 0 Å². The van der Waals surface area contributed by atoms with Crippen molar-refractivity contribution in [1.29, 1.82) is 0 Å². The van der Waals surface area contributed by atoms with E-state index in [1.165, 1.54) is 11.6 Å². The largest absolute Gasteiger partial charge is 0.313 e. The molecule has 1 unspecified atom stereocenters. The van der Waals surface area contributed by atoms with E-state index in [4.69, 9.17) is 0 Å². The zero-order chi connectivity index (χ0) is 13.0. The third-order valence-electron chi connectivity index (χ3n) is 2.95. The van der Waals surface area contributed by atoms with Crippen molar-refractivity contribution in [3.8, 4) is 0 Å². The monoisotopic (exact) mass is 307 g/mol. The summed E-state index contributed by atoms with van der Waals surface area (Å²) in [6.07, 6.45) is 0.774. The predicted octanol–water partition coefficient (Wildman–Crippen LogP) is 4.09. The van der Waals surface area contributed by atoms with Crippen LogP contribution in [0.2, 0.25) is 0 Å². The van der Waals surface area contributed by atoms with E-state index in [0.717, 1.165) is 16.5 Å². The molecular weight excluding hydrogens is 293 g/mol. The lowest BCUT2D eigenvalue weighted by molar-refractivity contribution is 0.584. The van der Waals surface area contributed by atoms with Gasteiger partial charge in [0.25, 0.3) is 0 Å². The summed E-state index contributed by atoms with van der Waals surface area (Å²) in [6.45, 7) is 0. The van der Waals surface area contributed by atoms with Gasteiger partial charge in [0.2, 0.25) is 0 Å². The second-order valence-corrected chi connectivity index (χ2v) is 5.14. The molecule has 0 aliphatic carbocycles. The molecule has 0 amide bonds. The second-order valence-electron chi connectivity index (χ2n) is 4.23. The van der Waals surface area contributed by atoms with Gasteiger partial charge in [-0.1, -0.05) is 40.2 Å². The van der Waals surface area contributed by atoms with E-state index in [-0.39, 0.29) is 11.9 Å². The molecule has 1 N–H and O–H groups in total. The Morgan fingerprint density at radius 3 is 2.50 bits per heavy atom. The average molecular weight is 308 g/mol. The summed E-state index contributed by atoms with van der Waals surface area (Å²) in [5.74, 6) is -0.182. The summed E-state index contributed by atoms with van der Waals surface area (Å²) in [4.78, 5) is 0. The fraction of sp³-hybridized carbons (Fsp3) is 0.200. The Morgan fingerprint density at radius 2 is 1.89 bits per heavy atom. The highest BCUT2D eigenvalue weighted by molar-refractivity contribution is 9.10. The van der Waals surface area contributed by atoms with Gasteiger partial charge in [-0.2, -0.15) is 0 Å². The van der Waals surface area contributed by atoms with Crippen LogP contribution in [0.25, 0.3) is 0 Å². The van der Waals surface area contributed by atoms with E-state index < -0.39 is 0 Å². The molecule has 0 heterocycles. The van der Waals surface area contributed by atoms with Crippen molar-refractivity contribution in [2.24, 2.45) is 0 Å². The van der Waals surface area contributed by atoms with Crippen molar-refractivity contribution >= 4 is 15.9 Å². The molecule has 2 aromatic rings. The molecule has 0 bridgehead atoms. The quantitative estimate of drug-likeness (QED) is 0.897. The lowest BCUT2D eigenvalue weighted by atomic mass is 9.99. The van der Waals surface area contributed by atoms with Crippen molar-refractivity contribution in [3.05, 3.63) is 69.9 Å². The highest BCUT2D eigenvalue weighted by Gasteiger charge is 2.10. The summed E-state index contributed by atoms with van der Waals surface area (Å²) < 4.78 is 14.2. The van der Waals surface area contributed by atoms with E-state index in [2.05, 4.69) is 33.4 Å². The smallest absolute Gasteiger partial charge is 0.123 e. The molecule has 18 heavy (non-hydrogen) atoms. The SMILES string of the molecule is CNC(Cc1cccc(F)c1)c1ccc(Br)cc1. The Morgan fingerprint density at radius 1 is 1.17 bits per heavy atom. The van der Waals surface area contributed by atoms with Crippen molar-refractivity contribution in [2.45, 2.75) is 12.5 Å². The fourth-order valence-electron chi connectivity index (χ4n) is 1.98. The van der Waals surface area contributed by atoms with Crippen molar-refractivity contribution in [2.75, 3.05) is 7.05 Å². The zero-order valence-corrected chi connectivity index (χ0v) is 11.7. The Hall–Kier alpha value is -1.19. The molecule has 2 aromatic carbocycles. The van der Waals surface area contributed by atoms with Crippen LogP contribution in [0.4, 0.5) is 4.39 Å². The molecule has 0 spiro atoms. The molecule has 0 saturated carbocycles. The van der Waals surface area contributed by atoms with Crippen LogP contribution in [0.5, 0.6) is 0 Å². The Labute approximate surface area is 115 Å². The lowest BCUT2D eigenvalue weighted by Gasteiger charge is -2.17. The first-order valence-corrected chi connectivity index (χ1v) is 6.65. The maximum atomic E-state index is 13.2. The summed E-state index contributed by atoms with van der Waals surface area (Å²) >= 11 is 3.42. The summed E-state index contributed by atoms with van der Waals surface area (Å²) in [5.41, 5.74) is 2.20. The van der Waals surface area contributed by atoms with Crippen LogP contribution in [-0.4, -0.2) is 7.05 Å². The molecule has 0 fully saturated rings. The molecule has 94 valence electrons. The minimum absolute atomic E-state index is 0.182. The van der Waals surface area contributed by atoms with Gasteiger partial charge >= 0.3 is 0 Å². The highest BCUT2D eigenvalue weighted by atomic mass is 79.9. The molecular formula is C15H15BrFN. The van der Waals surface area contributed by atoms with E-state index >= 15 is 0 Å². The number of rotatable bonds is 4. The second kappa shape index (κ2) is 6.12. The van der Waals surface area contributed by atoms with Crippen LogP contribution >= 0.6 is 15.9 Å². The topological polar surface area (TPSA) is 12.0 Å². The molecule has 0 aromatic heterocycles. The Kier molecular flexibility index (Phi) is 4.50. The Balaban J connectivity index is 2.17. The van der Waals surface area contributed by atoms with Crippen LogP contribution in [0.1, 0.15) is 17.2 Å². The number of nitrogens with one attached hydrogen (secondary N) is 1. The van der Waals surface area contributed by atoms with Crippen molar-refractivity contribution in [3.63, 3.8) is 0 Å². The summed E-state index contributed by atoms with van der Waals surface area (Å²) in [6, 6.07) is 15.1. The molecule has 0 radical (unpaired) electrons. The molecule has 1 atom stereocenters. The van der Waals surface area contributed by atoms with Crippen LogP contribution < -0.4 is 5.32 Å². The van der Waals surface area contributed by atoms with Gasteiger partial charge in [0, 0.05) is 10.5 Å². The normalized spacial score (nSPS) is 12.4. The van der Waals surface area contributed by atoms with Crippen LogP contribution in [-0.2, 0) is 6.42 Å². The summed E-state index contributed by atoms with van der Waals surface area (Å²) in [7, 11) is 1.92. The minimum Gasteiger partial charge on any atom is -0.313 e. The number of halogens is 2. The maximum absolute atomic E-state index is 13.2. The van der Waals surface area contributed by atoms with Crippen molar-refractivity contribution in [1.82, 2.24) is 5.32 Å². The summed E-state index contributed by atoms with van der Waals surface area (Å²) in [5, 5.41) is 3.27. The van der Waals surface area contributed by atoms with Gasteiger partial charge in [-0.3, -0.25) is 0 Å². The van der Waals surface area contributed by atoms with E-state index in [9.17, 15) is 4.39 Å². The Bertz CT molecular complexity index is 510. The van der Waals surface area contributed by atoms with E-state index in [1.54, 1.807) is 12.1 Å². The van der Waals surface area contributed by atoms with Crippen molar-refractivity contribution < 1.29 is 4.39 Å². The highest BCUT2D eigenvalue weighted by Crippen LogP contribution is 2.20. The van der Waals surface area contributed by atoms with Gasteiger partial charge < -0.3 is 5.32 Å². The third kappa shape index (κ3) is 3.40. The average Bonchev–Trinajstić information content (AvgIpc) is 2.37. The van der Waals surface area contributed by atoms with Crippen LogP contribution in [0.15, 0.2) is 53.0 Å². The molecule has 3 heteroatoms. The minimum atomic E-state index is -0.182. The number of hydrogen-bond acceptors (Lipinski definition) is 1. The zero-order valence-electron chi connectivity index (χ0n) is 10.2. The third-order valence-corrected chi connectivity index (χ3v) is 3.48.